The molecule has 3 aromatic rings. The highest BCUT2D eigenvalue weighted by Crippen LogP contribution is 2.32. The van der Waals surface area contributed by atoms with E-state index in [0.717, 1.165) is 33.9 Å². The van der Waals surface area contributed by atoms with Gasteiger partial charge >= 0.3 is 0 Å². The van der Waals surface area contributed by atoms with Crippen molar-refractivity contribution in [3.63, 3.8) is 0 Å². The molecule has 1 aromatic carbocycles. The van der Waals surface area contributed by atoms with Crippen LogP contribution in [0.3, 0.4) is 0 Å². The maximum absolute atomic E-state index is 5.97. The van der Waals surface area contributed by atoms with E-state index < -0.39 is 0 Å². The molecule has 5 heteroatoms. The van der Waals surface area contributed by atoms with E-state index in [1.54, 1.807) is 25.7 Å². The number of hydrogen-bond donors (Lipinski definition) is 1. The Morgan fingerprint density at radius 2 is 2.14 bits per heavy atom. The van der Waals surface area contributed by atoms with Gasteiger partial charge in [0.1, 0.15) is 22.9 Å². The van der Waals surface area contributed by atoms with Gasteiger partial charge in [-0.3, -0.25) is 4.98 Å². The topological polar surface area (TPSA) is 60.2 Å². The summed E-state index contributed by atoms with van der Waals surface area (Å²) in [5.74, 6) is 2.44. The van der Waals surface area contributed by atoms with Gasteiger partial charge in [0, 0.05) is 23.3 Å². The van der Waals surface area contributed by atoms with Gasteiger partial charge in [0.25, 0.3) is 0 Å². The maximum atomic E-state index is 5.97. The van der Waals surface area contributed by atoms with Crippen molar-refractivity contribution in [2.24, 2.45) is 0 Å². The van der Waals surface area contributed by atoms with Gasteiger partial charge in [-0.25, -0.2) is 4.98 Å². The number of ether oxygens (including phenoxy) is 1. The number of furan rings is 1. The molecule has 0 spiro atoms. The van der Waals surface area contributed by atoms with Gasteiger partial charge < -0.3 is 14.5 Å². The number of aromatic nitrogens is 2. The number of rotatable bonds is 4. The van der Waals surface area contributed by atoms with Crippen LogP contribution in [0.4, 0.5) is 5.82 Å². The average Bonchev–Trinajstić information content (AvgIpc) is 2.85. The molecule has 2 aromatic heterocycles. The van der Waals surface area contributed by atoms with Crippen molar-refractivity contribution in [3.05, 3.63) is 48.1 Å². The van der Waals surface area contributed by atoms with E-state index in [9.17, 15) is 0 Å². The lowest BCUT2D eigenvalue weighted by atomic mass is 10.1. The highest BCUT2D eigenvalue weighted by atomic mass is 16.5. The number of anilines is 1. The molecule has 1 unspecified atom stereocenters. The van der Waals surface area contributed by atoms with E-state index in [1.165, 1.54) is 0 Å². The Hall–Kier alpha value is -2.56. The molecule has 108 valence electrons. The Kier molecular flexibility index (Phi) is 3.48. The van der Waals surface area contributed by atoms with Crippen molar-refractivity contribution < 1.29 is 9.15 Å². The van der Waals surface area contributed by atoms with Gasteiger partial charge in [0.15, 0.2) is 0 Å². The molecular weight excluding hydrogens is 266 g/mol. The summed E-state index contributed by atoms with van der Waals surface area (Å²) in [4.78, 5) is 8.27. The molecule has 0 radical (unpaired) electrons. The highest BCUT2D eigenvalue weighted by Gasteiger charge is 2.17. The standard InChI is InChI=1S/C16H17N3O2/c1-10-13-8-12(20-3)4-5-14(13)21-16(10)11(2)19-15-9-17-6-7-18-15/h4-9,11H,1-3H3,(H,18,19). The summed E-state index contributed by atoms with van der Waals surface area (Å²) >= 11 is 0. The molecule has 21 heavy (non-hydrogen) atoms. The second-order valence-electron chi connectivity index (χ2n) is 4.91. The van der Waals surface area contributed by atoms with Crippen LogP contribution < -0.4 is 10.1 Å². The summed E-state index contributed by atoms with van der Waals surface area (Å²) in [7, 11) is 1.66. The number of fused-ring (bicyclic) bond motifs is 1. The van der Waals surface area contributed by atoms with E-state index in [0.29, 0.717) is 0 Å². The maximum Gasteiger partial charge on any atom is 0.145 e. The number of benzene rings is 1. The number of aryl methyl sites for hydroxylation is 1. The van der Waals surface area contributed by atoms with Crippen molar-refractivity contribution in [1.29, 1.82) is 0 Å². The van der Waals surface area contributed by atoms with E-state index in [4.69, 9.17) is 9.15 Å². The monoisotopic (exact) mass is 283 g/mol. The summed E-state index contributed by atoms with van der Waals surface area (Å²) in [5.41, 5.74) is 1.96. The molecule has 0 aliphatic rings. The van der Waals surface area contributed by atoms with E-state index in [-0.39, 0.29) is 6.04 Å². The lowest BCUT2D eigenvalue weighted by molar-refractivity contribution is 0.415. The summed E-state index contributed by atoms with van der Waals surface area (Å²) in [5, 5.41) is 4.36. The molecule has 5 nitrogen and oxygen atoms in total. The van der Waals surface area contributed by atoms with E-state index in [1.807, 2.05) is 25.1 Å². The highest BCUT2D eigenvalue weighted by molar-refractivity contribution is 5.83. The Balaban J connectivity index is 1.94. The molecule has 0 bridgehead atoms. The predicted octanol–water partition coefficient (Wildman–Crippen LogP) is 3.71. The first-order valence-corrected chi connectivity index (χ1v) is 6.78. The molecule has 0 amide bonds. The predicted molar refractivity (Wildman–Crippen MR) is 81.6 cm³/mol. The lowest BCUT2D eigenvalue weighted by Crippen LogP contribution is -2.08. The van der Waals surface area contributed by atoms with Crippen LogP contribution in [-0.2, 0) is 0 Å². The number of nitrogens with zero attached hydrogens (tertiary/aromatic N) is 2. The summed E-state index contributed by atoms with van der Waals surface area (Å²) < 4.78 is 11.2. The van der Waals surface area contributed by atoms with Gasteiger partial charge in [-0.2, -0.15) is 0 Å². The van der Waals surface area contributed by atoms with Crippen LogP contribution in [0.2, 0.25) is 0 Å². The van der Waals surface area contributed by atoms with Crippen molar-refractivity contribution >= 4 is 16.8 Å². The smallest absolute Gasteiger partial charge is 0.145 e. The number of methoxy groups -OCH3 is 1. The van der Waals surface area contributed by atoms with Crippen LogP contribution in [0.5, 0.6) is 5.75 Å². The Morgan fingerprint density at radius 1 is 1.29 bits per heavy atom. The van der Waals surface area contributed by atoms with Crippen LogP contribution in [0.25, 0.3) is 11.0 Å². The normalized spacial score (nSPS) is 12.3. The second kappa shape index (κ2) is 5.44. The van der Waals surface area contributed by atoms with Crippen LogP contribution in [0.1, 0.15) is 24.3 Å². The van der Waals surface area contributed by atoms with Gasteiger partial charge in [0.2, 0.25) is 0 Å². The third-order valence-corrected chi connectivity index (χ3v) is 3.50. The first-order valence-electron chi connectivity index (χ1n) is 6.78. The minimum Gasteiger partial charge on any atom is -0.497 e. The van der Waals surface area contributed by atoms with Crippen molar-refractivity contribution in [2.75, 3.05) is 12.4 Å². The molecular formula is C16H17N3O2. The zero-order valence-corrected chi connectivity index (χ0v) is 12.3. The first kappa shape index (κ1) is 13.4. The van der Waals surface area contributed by atoms with E-state index in [2.05, 4.69) is 22.2 Å². The van der Waals surface area contributed by atoms with Crippen molar-refractivity contribution in [1.82, 2.24) is 9.97 Å². The van der Waals surface area contributed by atoms with Gasteiger partial charge in [-0.1, -0.05) is 0 Å². The third kappa shape index (κ3) is 2.54. The summed E-state index contributed by atoms with van der Waals surface area (Å²) in [6.45, 7) is 4.09. The van der Waals surface area contributed by atoms with Crippen molar-refractivity contribution in [2.45, 2.75) is 19.9 Å². The SMILES string of the molecule is COc1ccc2oc(C(C)Nc3cnccn3)c(C)c2c1. The quantitative estimate of drug-likeness (QED) is 0.791. The molecule has 0 fully saturated rings. The molecule has 3 rings (SSSR count). The first-order chi connectivity index (χ1) is 10.2. The zero-order chi connectivity index (χ0) is 14.8. The number of nitrogens with one attached hydrogen (secondary N) is 1. The van der Waals surface area contributed by atoms with Crippen LogP contribution in [0.15, 0.2) is 41.2 Å². The Bertz CT molecular complexity index is 753. The summed E-state index contributed by atoms with van der Waals surface area (Å²) in [6, 6.07) is 5.82. The molecule has 1 N–H and O–H groups in total. The third-order valence-electron chi connectivity index (χ3n) is 3.50. The van der Waals surface area contributed by atoms with Crippen LogP contribution in [0, 0.1) is 6.92 Å². The minimum atomic E-state index is 0.0000879. The van der Waals surface area contributed by atoms with Gasteiger partial charge in [-0.15, -0.1) is 0 Å². The average molecular weight is 283 g/mol. The molecule has 0 saturated carbocycles. The molecule has 2 heterocycles. The summed E-state index contributed by atoms with van der Waals surface area (Å²) in [6.07, 6.45) is 5.00. The van der Waals surface area contributed by atoms with Crippen LogP contribution in [-0.4, -0.2) is 17.1 Å². The van der Waals surface area contributed by atoms with Gasteiger partial charge in [0.05, 0.1) is 19.3 Å². The zero-order valence-electron chi connectivity index (χ0n) is 12.3. The Morgan fingerprint density at radius 3 is 2.86 bits per heavy atom. The molecule has 1 atom stereocenters. The fourth-order valence-corrected chi connectivity index (χ4v) is 2.42. The van der Waals surface area contributed by atoms with E-state index >= 15 is 0 Å². The second-order valence-corrected chi connectivity index (χ2v) is 4.91. The fraction of sp³-hybridized carbons (Fsp3) is 0.250. The fourth-order valence-electron chi connectivity index (χ4n) is 2.42. The largest absolute Gasteiger partial charge is 0.497 e. The van der Waals surface area contributed by atoms with Crippen LogP contribution >= 0.6 is 0 Å². The van der Waals surface area contributed by atoms with Gasteiger partial charge in [-0.05, 0) is 32.0 Å². The Labute approximate surface area is 123 Å². The number of hydrogen-bond acceptors (Lipinski definition) is 5. The molecule has 0 saturated heterocycles. The lowest BCUT2D eigenvalue weighted by Gasteiger charge is -2.12. The minimum absolute atomic E-state index is 0.0000879. The van der Waals surface area contributed by atoms with Crippen molar-refractivity contribution in [3.8, 4) is 5.75 Å². The molecule has 0 aliphatic heterocycles. The molecule has 0 aliphatic carbocycles.